The number of rotatable bonds is 20. The number of nitrogens with zero attached hydrogens (tertiary/aromatic N) is 13. The van der Waals surface area contributed by atoms with Crippen LogP contribution in [0.5, 0.6) is 0 Å². The number of fused-ring (bicyclic) bond motifs is 3. The van der Waals surface area contributed by atoms with Gasteiger partial charge in [-0.25, -0.2) is 52.1 Å². The first-order valence-electron chi connectivity index (χ1n) is 37.0. The maximum atomic E-state index is 12.7. The number of benzene rings is 6. The summed E-state index contributed by atoms with van der Waals surface area (Å²) in [4.78, 5) is 95.6. The van der Waals surface area contributed by atoms with Crippen molar-refractivity contribution in [2.45, 2.75) is 51.7 Å². The van der Waals surface area contributed by atoms with Gasteiger partial charge in [-0.2, -0.15) is 4.39 Å². The molecule has 3 aromatic heterocycles. The summed E-state index contributed by atoms with van der Waals surface area (Å²) >= 11 is 17.6. The number of hydrogen-bond donors (Lipinski definition) is 5. The van der Waals surface area contributed by atoms with Crippen molar-refractivity contribution in [3.63, 3.8) is 0 Å². The lowest BCUT2D eigenvalue weighted by molar-refractivity contribution is -0.387. The SMILES string of the molecule is CN(c1ccccc1N)S(C)(=O)=O.CN(c1ccccc1N)S(C)(=O)=O.CN(c1ccccc1[N+](=O)[O-])S(C)(=O)=O.CN1Cc2nc(CC(=O)C3CC3)cc(Nc3ccccc3N(C)S(C)(=O)=O)c2C1=O.CN1Cc2nc(Cl)cc(Cl)c2C1=O.CN1Cc2nc(Cl)cc(Nc3ccccc3N(C)S(C)(=O)=O)c2C1=O.NC(=O)C1CC1.O=[N+]([O-])c1ccccc1F. The summed E-state index contributed by atoms with van der Waals surface area (Å²) in [6, 6.07) is 43.0. The van der Waals surface area contributed by atoms with E-state index in [0.717, 1.165) is 82.0 Å². The van der Waals surface area contributed by atoms with Crippen molar-refractivity contribution in [2.24, 2.45) is 17.6 Å². The Labute approximate surface area is 738 Å². The lowest BCUT2D eigenvalue weighted by Crippen LogP contribution is -2.25. The predicted octanol–water partition coefficient (Wildman–Crippen LogP) is 10.7. The highest BCUT2D eigenvalue weighted by molar-refractivity contribution is 7.93. The number of anilines is 11. The van der Waals surface area contributed by atoms with Crippen LogP contribution >= 0.6 is 34.8 Å². The quantitative estimate of drug-likeness (QED) is 0.0205. The molecule has 9 aromatic rings. The van der Waals surface area contributed by atoms with Gasteiger partial charge in [0.1, 0.15) is 21.8 Å². The number of ketones is 1. The van der Waals surface area contributed by atoms with E-state index < -0.39 is 71.5 Å². The zero-order valence-electron chi connectivity index (χ0n) is 69.8. The Bertz CT molecular complexity index is 6130. The molecule has 14 rings (SSSR count). The fourth-order valence-electron chi connectivity index (χ4n) is 11.6. The van der Waals surface area contributed by atoms with Crippen LogP contribution in [0.3, 0.4) is 0 Å². The second-order valence-corrected chi connectivity index (χ2v) is 39.9. The van der Waals surface area contributed by atoms with Gasteiger partial charge in [0, 0.05) is 86.8 Å². The number of aromatic nitrogens is 3. The average molecular weight is 1880 g/mol. The number of carbonyl (C=O) groups is 5. The summed E-state index contributed by atoms with van der Waals surface area (Å²) in [6.45, 7) is 1.24. The number of Topliss-reactive ketones (excluding diaryl/α,β-unsaturated/α-hetero) is 1. The molecule has 0 spiro atoms. The Balaban J connectivity index is 0.000000204. The number of carbonyl (C=O) groups excluding carboxylic acids is 5. The van der Waals surface area contributed by atoms with Gasteiger partial charge in [0.15, 0.2) is 0 Å². The molecule has 0 saturated heterocycles. The first kappa shape index (κ1) is 100.0. The van der Waals surface area contributed by atoms with Gasteiger partial charge in [0.25, 0.3) is 23.4 Å². The second kappa shape index (κ2) is 42.0. The zero-order chi connectivity index (χ0) is 93.5. The van der Waals surface area contributed by atoms with Crippen molar-refractivity contribution in [3.8, 4) is 0 Å². The molecule has 37 nitrogen and oxygen atoms in total. The Morgan fingerprint density at radius 3 is 1.12 bits per heavy atom. The van der Waals surface area contributed by atoms with Crippen LogP contribution in [0.15, 0.2) is 164 Å². The van der Waals surface area contributed by atoms with Crippen LogP contribution in [0.1, 0.15) is 79.5 Å². The lowest BCUT2D eigenvalue weighted by atomic mass is 10.1. The number of primary amides is 1. The van der Waals surface area contributed by atoms with E-state index in [1.54, 1.807) is 151 Å². The number of sulfonamides is 5. The smallest absolute Gasteiger partial charge is 0.304 e. The maximum absolute atomic E-state index is 12.7. The molecule has 3 aliphatic heterocycles. The Morgan fingerprint density at radius 1 is 0.448 bits per heavy atom. The number of nitrogen functional groups attached to an aromatic ring is 2. The highest BCUT2D eigenvalue weighted by Crippen LogP contribution is 2.39. The minimum Gasteiger partial charge on any atom is -0.397 e. The number of hydrogen-bond acceptors (Lipinski definition) is 26. The van der Waals surface area contributed by atoms with Crippen LogP contribution in [0.2, 0.25) is 15.3 Å². The van der Waals surface area contributed by atoms with Crippen LogP contribution < -0.4 is 49.4 Å². The van der Waals surface area contributed by atoms with E-state index in [1.807, 2.05) is 0 Å². The summed E-state index contributed by atoms with van der Waals surface area (Å²) < 4.78 is 133. The fraction of sp³-hybridized carbons (Fsp3) is 0.291. The normalized spacial score (nSPS) is 13.5. The van der Waals surface area contributed by atoms with Gasteiger partial charge in [-0.1, -0.05) is 108 Å². The first-order valence-corrected chi connectivity index (χ1v) is 47.4. The van der Waals surface area contributed by atoms with Crippen LogP contribution in [0.25, 0.3) is 0 Å². The highest BCUT2D eigenvalue weighted by Gasteiger charge is 2.36. The third-order valence-electron chi connectivity index (χ3n) is 19.0. The average Bonchev–Trinajstić information content (AvgIpc) is 1.66. The van der Waals surface area contributed by atoms with E-state index in [-0.39, 0.29) is 64.2 Å². The summed E-state index contributed by atoms with van der Waals surface area (Å²) in [5.74, 6) is -0.797. The van der Waals surface area contributed by atoms with Crippen LogP contribution in [0.4, 0.5) is 78.3 Å². The molecule has 6 aromatic carbocycles. The summed E-state index contributed by atoms with van der Waals surface area (Å²) in [6.07, 6.45) is 9.67. The summed E-state index contributed by atoms with van der Waals surface area (Å²) in [7, 11) is -4.57. The molecule has 2 aliphatic carbocycles. The number of nitro groups is 2. The third kappa shape index (κ3) is 27.4. The van der Waals surface area contributed by atoms with Gasteiger partial charge in [0.05, 0.1) is 162 Å². The maximum Gasteiger partial charge on any atom is 0.304 e. The van der Waals surface area contributed by atoms with E-state index in [2.05, 4.69) is 25.6 Å². The van der Waals surface area contributed by atoms with Crippen molar-refractivity contribution in [2.75, 3.05) is 131 Å². The van der Waals surface area contributed by atoms with Crippen LogP contribution in [-0.4, -0.2) is 199 Å². The number of pyridine rings is 3. The number of nitrogens with two attached hydrogens (primary N) is 3. The topological polar surface area (TPSA) is 509 Å². The van der Waals surface area contributed by atoms with Gasteiger partial charge >= 0.3 is 5.69 Å². The van der Waals surface area contributed by atoms with Crippen molar-refractivity contribution >= 4 is 188 Å². The molecule has 670 valence electrons. The molecule has 8 N–H and O–H groups in total. The molecular formula is C79H92Cl3FN18O19S5. The van der Waals surface area contributed by atoms with E-state index in [9.17, 15) is 90.7 Å². The molecule has 46 heteroatoms. The van der Waals surface area contributed by atoms with E-state index in [0.29, 0.717) is 126 Å². The molecule has 5 aliphatic rings. The largest absolute Gasteiger partial charge is 0.397 e. The first-order chi connectivity index (χ1) is 58.1. The molecule has 0 atom stereocenters. The van der Waals surface area contributed by atoms with Crippen molar-refractivity contribution in [1.29, 1.82) is 0 Å². The standard InChI is InChI=1S/C21H24N4O4S.C16H17ClN4O3S.C8H6Cl2N2O.C8H10N2O4S.2C8H12N2O2S.C6H4FNO2.C4H7NO/c1-24-12-17-20(21(24)27)16(10-14(22-17)11-19(26)13-8-9-13)23-15-6-4-5-7-18(15)25(2)30(3,28)29;1-20-9-12-15(16(20)22)11(8-14(17)19-12)18-10-6-4-5-7-13(10)21(2)25(3,23)24;1-12-3-5-7(8(12)13)4(9)2-6(10)11-5;1-9(15(2,13)14)7-5-3-4-6-8(7)10(11)12;2*1-10(13(2,11)12)8-6-4-3-5-7(8)9;7-5-3-1-2-4-6(5)8(9)10;5-4(6)3-1-2-3/h4-7,10,13H,8-9,11-12H2,1-3H3,(H,22,23);4-8H,9H2,1-3H3,(H,18,19);2H,3H2,1H3;3-6H,1-2H3;2*3-6H,9H2,1-2H3;1-4H;3H,1-2H2,(H2,5,6). The van der Waals surface area contributed by atoms with Crippen molar-refractivity contribution in [1.82, 2.24) is 29.7 Å². The number of nitro benzene ring substituents is 2. The molecule has 0 bridgehead atoms. The molecule has 0 radical (unpaired) electrons. The molecule has 6 heterocycles. The third-order valence-corrected chi connectivity index (χ3v) is 25.6. The van der Waals surface area contributed by atoms with Gasteiger partial charge < -0.3 is 42.5 Å². The van der Waals surface area contributed by atoms with Crippen molar-refractivity contribution < 1.29 is 80.3 Å². The van der Waals surface area contributed by atoms with E-state index >= 15 is 0 Å². The van der Waals surface area contributed by atoms with Gasteiger partial charge in [0.2, 0.25) is 61.8 Å². The molecule has 2 saturated carbocycles. The van der Waals surface area contributed by atoms with Crippen LogP contribution in [0, 0.1) is 37.9 Å². The van der Waals surface area contributed by atoms with E-state index in [4.69, 9.17) is 52.0 Å². The number of amides is 4. The summed E-state index contributed by atoms with van der Waals surface area (Å²) in [5.41, 5.74) is 24.3. The van der Waals surface area contributed by atoms with Gasteiger partial charge in [-0.05, 0) is 105 Å². The Hall–Kier alpha value is -12.1. The van der Waals surface area contributed by atoms with Crippen molar-refractivity contribution in [3.05, 3.63) is 245 Å². The Morgan fingerprint density at radius 2 is 0.760 bits per heavy atom. The second-order valence-electron chi connectivity index (χ2n) is 28.6. The summed E-state index contributed by atoms with van der Waals surface area (Å²) in [5, 5.41) is 28.0. The van der Waals surface area contributed by atoms with Gasteiger partial charge in [-0.3, -0.25) is 70.7 Å². The zero-order valence-corrected chi connectivity index (χ0v) is 76.1. The molecule has 125 heavy (non-hydrogen) atoms. The highest BCUT2D eigenvalue weighted by atomic mass is 35.5. The number of halogens is 4. The molecule has 4 amide bonds. The Kier molecular flexibility index (Phi) is 33.6. The number of nitrogens with one attached hydrogen (secondary N) is 2. The number of para-hydroxylation sites is 11. The fourth-order valence-corrected chi connectivity index (χ4v) is 14.9. The van der Waals surface area contributed by atoms with E-state index in [1.165, 1.54) is 80.2 Å². The van der Waals surface area contributed by atoms with Gasteiger partial charge in [-0.15, -0.1) is 0 Å². The van der Waals surface area contributed by atoms with Crippen LogP contribution in [-0.2, 0) is 85.8 Å². The molecular weight excluding hydrogens is 1790 g/mol. The predicted molar refractivity (Wildman–Crippen MR) is 482 cm³/mol. The lowest BCUT2D eigenvalue weighted by Gasteiger charge is -2.21. The molecule has 2 fully saturated rings. The minimum absolute atomic E-state index is 0.0602. The molecule has 0 unspecified atom stereocenters. The monoisotopic (exact) mass is 1880 g/mol. The minimum atomic E-state index is -3.48.